The first-order valence-corrected chi connectivity index (χ1v) is 5.26. The highest BCUT2D eigenvalue weighted by molar-refractivity contribution is 5.66. The Morgan fingerprint density at radius 3 is 2.56 bits per heavy atom. The lowest BCUT2D eigenvalue weighted by molar-refractivity contribution is 0.417. The molecule has 0 unspecified atom stereocenters. The Hall–Kier alpha value is -1.96. The van der Waals surface area contributed by atoms with E-state index < -0.39 is 0 Å². The molecule has 0 radical (unpaired) electrons. The summed E-state index contributed by atoms with van der Waals surface area (Å²) in [7, 11) is 1.68. The van der Waals surface area contributed by atoms with Crippen LogP contribution in [0, 0.1) is 6.92 Å². The zero-order chi connectivity index (χ0) is 11.4. The van der Waals surface area contributed by atoms with Crippen molar-refractivity contribution in [2.24, 2.45) is 0 Å². The Morgan fingerprint density at radius 1 is 1.00 bits per heavy atom. The Kier molecular flexibility index (Phi) is 3.10. The van der Waals surface area contributed by atoms with Crippen molar-refractivity contribution in [3.63, 3.8) is 0 Å². The summed E-state index contributed by atoms with van der Waals surface area (Å²) in [5, 5.41) is 3.34. The van der Waals surface area contributed by atoms with Gasteiger partial charge in [0.2, 0.25) is 0 Å². The van der Waals surface area contributed by atoms with Gasteiger partial charge in [-0.25, -0.2) is 0 Å². The lowest BCUT2D eigenvalue weighted by atomic mass is 10.2. The molecule has 2 heteroatoms. The predicted octanol–water partition coefficient (Wildman–Crippen LogP) is 3.75. The van der Waals surface area contributed by atoms with Gasteiger partial charge in [-0.3, -0.25) is 0 Å². The molecule has 0 aliphatic heterocycles. The molecule has 0 bridgehead atoms. The zero-order valence-corrected chi connectivity index (χ0v) is 9.53. The van der Waals surface area contributed by atoms with Crippen molar-refractivity contribution in [3.8, 4) is 5.75 Å². The maximum atomic E-state index is 5.29. The molecular weight excluding hydrogens is 198 g/mol. The topological polar surface area (TPSA) is 21.3 Å². The summed E-state index contributed by atoms with van der Waals surface area (Å²) in [5.41, 5.74) is 3.29. The second-order valence-electron chi connectivity index (χ2n) is 3.69. The third kappa shape index (κ3) is 2.34. The molecule has 0 aliphatic carbocycles. The molecule has 0 saturated heterocycles. The van der Waals surface area contributed by atoms with Crippen LogP contribution in [0.5, 0.6) is 5.75 Å². The van der Waals surface area contributed by atoms with Crippen LogP contribution in [0.25, 0.3) is 0 Å². The van der Waals surface area contributed by atoms with Crippen molar-refractivity contribution in [1.29, 1.82) is 0 Å². The molecule has 0 heterocycles. The lowest BCUT2D eigenvalue weighted by Crippen LogP contribution is -1.94. The molecule has 2 aromatic carbocycles. The molecule has 0 aromatic heterocycles. The van der Waals surface area contributed by atoms with Gasteiger partial charge in [0.1, 0.15) is 5.75 Å². The molecule has 2 rings (SSSR count). The van der Waals surface area contributed by atoms with Gasteiger partial charge in [0.15, 0.2) is 0 Å². The first kappa shape index (κ1) is 10.6. The molecule has 0 aliphatic rings. The highest BCUT2D eigenvalue weighted by atomic mass is 16.5. The first-order valence-electron chi connectivity index (χ1n) is 5.26. The normalized spacial score (nSPS) is 9.88. The summed E-state index contributed by atoms with van der Waals surface area (Å²) in [6.45, 7) is 2.08. The van der Waals surface area contributed by atoms with E-state index in [2.05, 4.69) is 24.4 Å². The molecule has 0 atom stereocenters. The van der Waals surface area contributed by atoms with Crippen molar-refractivity contribution in [2.45, 2.75) is 6.92 Å². The van der Waals surface area contributed by atoms with Gasteiger partial charge in [-0.1, -0.05) is 24.3 Å². The number of ether oxygens (including phenoxy) is 1. The molecule has 2 aromatic rings. The average Bonchev–Trinajstić information content (AvgIpc) is 2.30. The van der Waals surface area contributed by atoms with Gasteiger partial charge in [0, 0.05) is 5.69 Å². The van der Waals surface area contributed by atoms with Crippen LogP contribution in [0.3, 0.4) is 0 Å². The Morgan fingerprint density at radius 2 is 1.81 bits per heavy atom. The minimum atomic E-state index is 0.851. The van der Waals surface area contributed by atoms with E-state index in [0.29, 0.717) is 0 Å². The van der Waals surface area contributed by atoms with Crippen LogP contribution < -0.4 is 10.1 Å². The summed E-state index contributed by atoms with van der Waals surface area (Å²) >= 11 is 0. The lowest BCUT2D eigenvalue weighted by Gasteiger charge is -2.11. The molecule has 2 nitrogen and oxygen atoms in total. The number of nitrogens with one attached hydrogen (secondary N) is 1. The van der Waals surface area contributed by atoms with Crippen molar-refractivity contribution in [1.82, 2.24) is 0 Å². The number of methoxy groups -OCH3 is 1. The van der Waals surface area contributed by atoms with Crippen LogP contribution in [0.1, 0.15) is 5.56 Å². The number of para-hydroxylation sites is 2. The van der Waals surface area contributed by atoms with E-state index in [9.17, 15) is 0 Å². The van der Waals surface area contributed by atoms with Gasteiger partial charge in [-0.2, -0.15) is 0 Å². The Balaban J connectivity index is 2.26. The van der Waals surface area contributed by atoms with Gasteiger partial charge in [-0.15, -0.1) is 0 Å². The number of anilines is 2. The smallest absolute Gasteiger partial charge is 0.142 e. The number of benzene rings is 2. The van der Waals surface area contributed by atoms with Gasteiger partial charge in [0.05, 0.1) is 12.8 Å². The average molecular weight is 213 g/mol. The van der Waals surface area contributed by atoms with E-state index in [1.807, 2.05) is 36.4 Å². The predicted molar refractivity (Wildman–Crippen MR) is 67.5 cm³/mol. The number of hydrogen-bond acceptors (Lipinski definition) is 2. The summed E-state index contributed by atoms with van der Waals surface area (Å²) in [6.07, 6.45) is 0. The fraction of sp³-hybridized carbons (Fsp3) is 0.143. The second-order valence-corrected chi connectivity index (χ2v) is 3.69. The Labute approximate surface area is 95.9 Å². The fourth-order valence-corrected chi connectivity index (χ4v) is 1.63. The quantitative estimate of drug-likeness (QED) is 0.838. The number of rotatable bonds is 3. The van der Waals surface area contributed by atoms with Crippen LogP contribution in [0.15, 0.2) is 48.5 Å². The first-order chi connectivity index (χ1) is 7.79. The maximum Gasteiger partial charge on any atom is 0.142 e. The molecule has 82 valence electrons. The minimum absolute atomic E-state index is 0.851. The zero-order valence-electron chi connectivity index (χ0n) is 9.53. The highest BCUT2D eigenvalue weighted by Crippen LogP contribution is 2.26. The molecule has 16 heavy (non-hydrogen) atoms. The molecule has 0 fully saturated rings. The molecule has 0 amide bonds. The summed E-state index contributed by atoms with van der Waals surface area (Å²) in [6, 6.07) is 16.1. The SMILES string of the molecule is COc1ccccc1Nc1cccc(C)c1. The third-order valence-corrected chi connectivity index (χ3v) is 2.40. The van der Waals surface area contributed by atoms with E-state index in [1.54, 1.807) is 7.11 Å². The fourth-order valence-electron chi connectivity index (χ4n) is 1.63. The number of aryl methyl sites for hydroxylation is 1. The third-order valence-electron chi connectivity index (χ3n) is 2.40. The summed E-state index contributed by atoms with van der Waals surface area (Å²) in [4.78, 5) is 0. The van der Waals surface area contributed by atoms with Crippen LogP contribution >= 0.6 is 0 Å². The minimum Gasteiger partial charge on any atom is -0.495 e. The van der Waals surface area contributed by atoms with E-state index >= 15 is 0 Å². The van der Waals surface area contributed by atoms with Gasteiger partial charge < -0.3 is 10.1 Å². The molecule has 0 saturated carbocycles. The Bertz CT molecular complexity index is 480. The van der Waals surface area contributed by atoms with E-state index in [1.165, 1.54) is 5.56 Å². The standard InChI is InChI=1S/C14H15NO/c1-11-6-5-7-12(10-11)15-13-8-3-4-9-14(13)16-2/h3-10,15H,1-2H3. The van der Waals surface area contributed by atoms with E-state index in [0.717, 1.165) is 17.1 Å². The highest BCUT2D eigenvalue weighted by Gasteiger charge is 2.01. The molecule has 1 N–H and O–H groups in total. The van der Waals surface area contributed by atoms with Crippen LogP contribution in [-0.2, 0) is 0 Å². The van der Waals surface area contributed by atoms with Crippen molar-refractivity contribution < 1.29 is 4.74 Å². The monoisotopic (exact) mass is 213 g/mol. The summed E-state index contributed by atoms with van der Waals surface area (Å²) in [5.74, 6) is 0.851. The van der Waals surface area contributed by atoms with Crippen LogP contribution in [0.4, 0.5) is 11.4 Å². The second kappa shape index (κ2) is 4.71. The summed E-state index contributed by atoms with van der Waals surface area (Å²) < 4.78 is 5.29. The number of hydrogen-bond donors (Lipinski definition) is 1. The van der Waals surface area contributed by atoms with Crippen molar-refractivity contribution in [2.75, 3.05) is 12.4 Å². The maximum absolute atomic E-state index is 5.29. The molecular formula is C14H15NO. The van der Waals surface area contributed by atoms with E-state index in [4.69, 9.17) is 4.74 Å². The van der Waals surface area contributed by atoms with Gasteiger partial charge in [0.25, 0.3) is 0 Å². The van der Waals surface area contributed by atoms with Crippen molar-refractivity contribution >= 4 is 11.4 Å². The van der Waals surface area contributed by atoms with E-state index in [-0.39, 0.29) is 0 Å². The van der Waals surface area contributed by atoms with Crippen LogP contribution in [0.2, 0.25) is 0 Å². The van der Waals surface area contributed by atoms with Crippen LogP contribution in [-0.4, -0.2) is 7.11 Å². The van der Waals surface area contributed by atoms with Gasteiger partial charge in [-0.05, 0) is 36.8 Å². The molecule has 0 spiro atoms. The van der Waals surface area contributed by atoms with Crippen molar-refractivity contribution in [3.05, 3.63) is 54.1 Å². The van der Waals surface area contributed by atoms with Gasteiger partial charge >= 0.3 is 0 Å². The largest absolute Gasteiger partial charge is 0.495 e.